The third-order valence-electron chi connectivity index (χ3n) is 4.34. The fourth-order valence-corrected chi connectivity index (χ4v) is 3.02. The molecule has 1 amide bonds. The van der Waals surface area contributed by atoms with Gasteiger partial charge in [-0.15, -0.1) is 0 Å². The third kappa shape index (κ3) is 3.85. The summed E-state index contributed by atoms with van der Waals surface area (Å²) >= 11 is 0. The van der Waals surface area contributed by atoms with Crippen LogP contribution in [0.2, 0.25) is 0 Å². The molecule has 1 fully saturated rings. The van der Waals surface area contributed by atoms with Crippen molar-refractivity contribution in [2.75, 3.05) is 13.2 Å². The van der Waals surface area contributed by atoms with Gasteiger partial charge in [0.2, 0.25) is 0 Å². The first-order chi connectivity index (χ1) is 12.1. The molecule has 2 N–H and O–H groups in total. The molecule has 0 radical (unpaired) electrons. The Balaban J connectivity index is 1.75. The van der Waals surface area contributed by atoms with Gasteiger partial charge in [0.05, 0.1) is 12.3 Å². The molecule has 3 rings (SSSR count). The SMILES string of the molecule is Cc1cc(C(=O)NC(C(=O)O)C2CCCOC2)ccc1-n1cncn1. The van der Waals surface area contributed by atoms with E-state index in [1.54, 1.807) is 29.2 Å². The van der Waals surface area contributed by atoms with Crippen LogP contribution in [0.5, 0.6) is 0 Å². The molecule has 0 bridgehead atoms. The van der Waals surface area contributed by atoms with Gasteiger partial charge in [0.25, 0.3) is 5.91 Å². The zero-order valence-electron chi connectivity index (χ0n) is 13.9. The molecule has 25 heavy (non-hydrogen) atoms. The summed E-state index contributed by atoms with van der Waals surface area (Å²) in [5, 5.41) is 16.2. The van der Waals surface area contributed by atoms with Gasteiger partial charge in [-0.1, -0.05) is 0 Å². The minimum Gasteiger partial charge on any atom is -0.480 e. The number of carbonyl (C=O) groups is 2. The van der Waals surface area contributed by atoms with Gasteiger partial charge >= 0.3 is 5.97 Å². The van der Waals surface area contributed by atoms with E-state index in [2.05, 4.69) is 15.4 Å². The lowest BCUT2D eigenvalue weighted by Gasteiger charge is -2.28. The largest absolute Gasteiger partial charge is 0.480 e. The first-order valence-electron chi connectivity index (χ1n) is 8.13. The van der Waals surface area contributed by atoms with Crippen LogP contribution >= 0.6 is 0 Å². The van der Waals surface area contributed by atoms with Crippen LogP contribution in [-0.2, 0) is 9.53 Å². The number of carbonyl (C=O) groups excluding carboxylic acids is 1. The van der Waals surface area contributed by atoms with Crippen LogP contribution in [0.25, 0.3) is 5.69 Å². The monoisotopic (exact) mass is 344 g/mol. The molecule has 0 aliphatic carbocycles. The van der Waals surface area contributed by atoms with Gasteiger partial charge in [-0.25, -0.2) is 14.5 Å². The van der Waals surface area contributed by atoms with E-state index >= 15 is 0 Å². The predicted molar refractivity (Wildman–Crippen MR) is 88.5 cm³/mol. The number of carboxylic acids is 1. The Morgan fingerprint density at radius 2 is 2.28 bits per heavy atom. The topological polar surface area (TPSA) is 106 Å². The molecule has 1 aliphatic rings. The van der Waals surface area contributed by atoms with Gasteiger partial charge in [0.1, 0.15) is 18.7 Å². The molecule has 2 unspecified atom stereocenters. The molecule has 2 heterocycles. The highest BCUT2D eigenvalue weighted by Crippen LogP contribution is 2.19. The summed E-state index contributed by atoms with van der Waals surface area (Å²) < 4.78 is 6.95. The maximum Gasteiger partial charge on any atom is 0.326 e. The fourth-order valence-electron chi connectivity index (χ4n) is 3.02. The average Bonchev–Trinajstić information content (AvgIpc) is 3.14. The number of hydrogen-bond donors (Lipinski definition) is 2. The van der Waals surface area contributed by atoms with E-state index in [-0.39, 0.29) is 5.92 Å². The maximum atomic E-state index is 12.5. The van der Waals surface area contributed by atoms with Crippen molar-refractivity contribution < 1.29 is 19.4 Å². The van der Waals surface area contributed by atoms with Crippen molar-refractivity contribution in [1.29, 1.82) is 0 Å². The number of aryl methyl sites for hydroxylation is 1. The van der Waals surface area contributed by atoms with Crippen LogP contribution < -0.4 is 5.32 Å². The van der Waals surface area contributed by atoms with Crippen LogP contribution in [0.4, 0.5) is 0 Å². The van der Waals surface area contributed by atoms with Crippen LogP contribution in [-0.4, -0.2) is 51.0 Å². The number of amides is 1. The van der Waals surface area contributed by atoms with Crippen LogP contribution in [0.3, 0.4) is 0 Å². The van der Waals surface area contributed by atoms with Crippen LogP contribution in [0.1, 0.15) is 28.8 Å². The Morgan fingerprint density at radius 1 is 1.44 bits per heavy atom. The van der Waals surface area contributed by atoms with Gasteiger partial charge in [-0.3, -0.25) is 4.79 Å². The smallest absolute Gasteiger partial charge is 0.326 e. The highest BCUT2D eigenvalue weighted by atomic mass is 16.5. The number of aliphatic carboxylic acids is 1. The number of nitrogens with one attached hydrogen (secondary N) is 1. The Bertz CT molecular complexity index is 754. The average molecular weight is 344 g/mol. The second kappa shape index (κ2) is 7.43. The molecule has 2 aromatic rings. The zero-order chi connectivity index (χ0) is 17.8. The quantitative estimate of drug-likeness (QED) is 0.844. The normalized spacial score (nSPS) is 18.5. The summed E-state index contributed by atoms with van der Waals surface area (Å²) in [5.41, 5.74) is 2.06. The molecule has 1 aromatic heterocycles. The number of carboxylic acid groups (broad SMARTS) is 1. The molecule has 132 valence electrons. The molecule has 8 nitrogen and oxygen atoms in total. The van der Waals surface area contributed by atoms with E-state index in [9.17, 15) is 14.7 Å². The van der Waals surface area contributed by atoms with Gasteiger partial charge in [-0.2, -0.15) is 5.10 Å². The molecule has 0 saturated carbocycles. The van der Waals surface area contributed by atoms with Crippen LogP contribution in [0, 0.1) is 12.8 Å². The van der Waals surface area contributed by atoms with Crippen molar-refractivity contribution >= 4 is 11.9 Å². The van der Waals surface area contributed by atoms with Crippen molar-refractivity contribution in [3.05, 3.63) is 42.0 Å². The Morgan fingerprint density at radius 3 is 2.88 bits per heavy atom. The highest BCUT2D eigenvalue weighted by molar-refractivity contribution is 5.97. The molecular weight excluding hydrogens is 324 g/mol. The molecule has 8 heteroatoms. The summed E-state index contributed by atoms with van der Waals surface area (Å²) in [4.78, 5) is 28.0. The predicted octanol–water partition coefficient (Wildman–Crippen LogP) is 1.19. The molecule has 1 aromatic carbocycles. The van der Waals surface area contributed by atoms with Gasteiger partial charge in [0, 0.05) is 18.1 Å². The Labute approximate surface area is 144 Å². The van der Waals surface area contributed by atoms with Crippen molar-refractivity contribution in [1.82, 2.24) is 20.1 Å². The van der Waals surface area contributed by atoms with Crippen molar-refractivity contribution in [3.8, 4) is 5.69 Å². The number of rotatable bonds is 5. The summed E-state index contributed by atoms with van der Waals surface area (Å²) in [7, 11) is 0. The number of nitrogens with zero attached hydrogens (tertiary/aromatic N) is 3. The van der Waals surface area contributed by atoms with Crippen molar-refractivity contribution in [2.24, 2.45) is 5.92 Å². The minimum atomic E-state index is -1.04. The fraction of sp³-hybridized carbons (Fsp3) is 0.412. The molecule has 0 spiro atoms. The second-order valence-electron chi connectivity index (χ2n) is 6.11. The Hall–Kier alpha value is -2.74. The van der Waals surface area contributed by atoms with E-state index in [4.69, 9.17) is 4.74 Å². The van der Waals surface area contributed by atoms with Gasteiger partial charge < -0.3 is 15.2 Å². The van der Waals surface area contributed by atoms with Crippen LogP contribution in [0.15, 0.2) is 30.9 Å². The van der Waals surface area contributed by atoms with E-state index < -0.39 is 17.9 Å². The highest BCUT2D eigenvalue weighted by Gasteiger charge is 2.31. The molecule has 1 saturated heterocycles. The summed E-state index contributed by atoms with van der Waals surface area (Å²) in [5.74, 6) is -1.67. The van der Waals surface area contributed by atoms with Crippen molar-refractivity contribution in [3.63, 3.8) is 0 Å². The van der Waals surface area contributed by atoms with Gasteiger partial charge in [-0.05, 0) is 43.5 Å². The number of ether oxygens (including phenoxy) is 1. The molecule has 1 aliphatic heterocycles. The lowest BCUT2D eigenvalue weighted by atomic mass is 9.93. The first-order valence-corrected chi connectivity index (χ1v) is 8.13. The third-order valence-corrected chi connectivity index (χ3v) is 4.34. The number of hydrogen-bond acceptors (Lipinski definition) is 5. The lowest BCUT2D eigenvalue weighted by Crippen LogP contribution is -2.48. The van der Waals surface area contributed by atoms with E-state index in [0.29, 0.717) is 18.8 Å². The zero-order valence-corrected chi connectivity index (χ0v) is 13.9. The summed E-state index contributed by atoms with van der Waals surface area (Å²) in [6, 6.07) is 4.17. The molecule has 2 atom stereocenters. The minimum absolute atomic E-state index is 0.217. The van der Waals surface area contributed by atoms with E-state index in [0.717, 1.165) is 24.1 Å². The first kappa shape index (κ1) is 17.1. The van der Waals surface area contributed by atoms with Gasteiger partial charge in [0.15, 0.2) is 0 Å². The standard InChI is InChI=1S/C17H20N4O4/c1-11-7-12(4-5-14(11)21-10-18-9-19-21)16(22)20-15(17(23)24)13-3-2-6-25-8-13/h4-5,7,9-10,13,15H,2-3,6,8H2,1H3,(H,20,22)(H,23,24). The Kier molecular flexibility index (Phi) is 5.08. The second-order valence-corrected chi connectivity index (χ2v) is 6.11. The van der Waals surface area contributed by atoms with E-state index in [1.807, 2.05) is 6.92 Å². The summed E-state index contributed by atoms with van der Waals surface area (Å²) in [6.45, 7) is 2.85. The lowest BCUT2D eigenvalue weighted by molar-refractivity contribution is -0.142. The van der Waals surface area contributed by atoms with Crippen molar-refractivity contribution in [2.45, 2.75) is 25.8 Å². The number of benzene rings is 1. The molecular formula is C17H20N4O4. The maximum absolute atomic E-state index is 12.5. The number of aromatic nitrogens is 3. The summed E-state index contributed by atoms with van der Waals surface area (Å²) in [6.07, 6.45) is 4.53. The van der Waals surface area contributed by atoms with E-state index in [1.165, 1.54) is 6.33 Å².